The Hall–Kier alpha value is -3.61. The van der Waals surface area contributed by atoms with E-state index in [4.69, 9.17) is 9.98 Å². The van der Waals surface area contributed by atoms with Gasteiger partial charge in [-0.1, -0.05) is 30.7 Å². The van der Waals surface area contributed by atoms with Gasteiger partial charge in [-0.2, -0.15) is 0 Å². The maximum atomic E-state index is 5.17. The van der Waals surface area contributed by atoms with Crippen molar-refractivity contribution >= 4 is 28.0 Å². The second-order valence-electron chi connectivity index (χ2n) is 10.0. The Balaban J connectivity index is 1.37. The monoisotopic (exact) mass is 519 g/mol. The average molecular weight is 520 g/mol. The standard InChI is InChI=1S/C32H33N5S/c1-3-34-32(29-18-26-25(30-11-8-16-38-30)9-7-10-28(26)35-29)31-22(2)12-13-27(36-31)24-17-23(19-33-20-24)21-37-14-5-4-6-15-37/h7-13,16-20,35H,3-6,14-15,21H2,1-2H3. The molecule has 1 aromatic carbocycles. The van der Waals surface area contributed by atoms with Crippen molar-refractivity contribution in [3.05, 3.63) is 94.9 Å². The van der Waals surface area contributed by atoms with Gasteiger partial charge in [0.05, 0.1) is 17.1 Å². The van der Waals surface area contributed by atoms with E-state index in [0.717, 1.165) is 46.0 Å². The van der Waals surface area contributed by atoms with Crippen molar-refractivity contribution in [2.45, 2.75) is 39.7 Å². The fourth-order valence-corrected chi connectivity index (χ4v) is 6.16. The first-order chi connectivity index (χ1) is 18.7. The molecule has 38 heavy (non-hydrogen) atoms. The molecule has 5 nitrogen and oxygen atoms in total. The Kier molecular flexibility index (Phi) is 7.16. The quantitative estimate of drug-likeness (QED) is 0.226. The Morgan fingerprint density at radius 2 is 1.92 bits per heavy atom. The van der Waals surface area contributed by atoms with Crippen molar-refractivity contribution in [2.75, 3.05) is 19.6 Å². The highest BCUT2D eigenvalue weighted by Crippen LogP contribution is 2.33. The number of pyridine rings is 2. The third-order valence-corrected chi connectivity index (χ3v) is 8.19. The van der Waals surface area contributed by atoms with E-state index in [9.17, 15) is 0 Å². The van der Waals surface area contributed by atoms with Crippen LogP contribution < -0.4 is 0 Å². The topological polar surface area (TPSA) is 57.2 Å². The maximum absolute atomic E-state index is 5.17. The second kappa shape index (κ2) is 11.0. The highest BCUT2D eigenvalue weighted by Gasteiger charge is 2.18. The molecular formula is C32H33N5S. The summed E-state index contributed by atoms with van der Waals surface area (Å²) in [6.45, 7) is 8.17. The minimum atomic E-state index is 0.681. The summed E-state index contributed by atoms with van der Waals surface area (Å²) in [6, 6.07) is 19.4. The number of hydrogen-bond donors (Lipinski definition) is 1. The predicted molar refractivity (Wildman–Crippen MR) is 159 cm³/mol. The molecule has 6 heteroatoms. The molecule has 0 spiro atoms. The molecular weight excluding hydrogens is 486 g/mol. The summed E-state index contributed by atoms with van der Waals surface area (Å²) in [5, 5.41) is 3.33. The highest BCUT2D eigenvalue weighted by atomic mass is 32.1. The molecule has 0 aliphatic carbocycles. The lowest BCUT2D eigenvalue weighted by molar-refractivity contribution is 0.220. The minimum absolute atomic E-state index is 0.681. The summed E-state index contributed by atoms with van der Waals surface area (Å²) in [5.74, 6) is 0. The van der Waals surface area contributed by atoms with E-state index in [2.05, 4.69) is 88.7 Å². The first-order valence-corrected chi connectivity index (χ1v) is 14.4. The molecule has 1 fully saturated rings. The minimum Gasteiger partial charge on any atom is -0.353 e. The predicted octanol–water partition coefficient (Wildman–Crippen LogP) is 7.51. The van der Waals surface area contributed by atoms with Crippen molar-refractivity contribution in [3.8, 4) is 21.7 Å². The van der Waals surface area contributed by atoms with Gasteiger partial charge in [-0.25, -0.2) is 4.98 Å². The number of aromatic nitrogens is 3. The van der Waals surface area contributed by atoms with Crippen LogP contribution in [0.4, 0.5) is 0 Å². The van der Waals surface area contributed by atoms with Gasteiger partial charge >= 0.3 is 0 Å². The van der Waals surface area contributed by atoms with E-state index in [1.165, 1.54) is 53.7 Å². The maximum Gasteiger partial charge on any atom is 0.107 e. The van der Waals surface area contributed by atoms with E-state index < -0.39 is 0 Å². The van der Waals surface area contributed by atoms with E-state index in [1.54, 1.807) is 11.3 Å². The van der Waals surface area contributed by atoms with Crippen molar-refractivity contribution in [1.29, 1.82) is 0 Å². The van der Waals surface area contributed by atoms with Gasteiger partial charge in [0.15, 0.2) is 0 Å². The normalized spacial score (nSPS) is 14.8. The lowest BCUT2D eigenvalue weighted by Crippen LogP contribution is -2.29. The molecule has 1 aliphatic rings. The van der Waals surface area contributed by atoms with Crippen LogP contribution in [-0.2, 0) is 6.54 Å². The van der Waals surface area contributed by atoms with Crippen LogP contribution in [0.15, 0.2) is 77.4 Å². The Morgan fingerprint density at radius 3 is 2.74 bits per heavy atom. The summed E-state index contributed by atoms with van der Waals surface area (Å²) in [4.78, 5) is 22.1. The number of hydrogen-bond acceptors (Lipinski definition) is 5. The van der Waals surface area contributed by atoms with E-state index in [1.807, 2.05) is 12.4 Å². The van der Waals surface area contributed by atoms with E-state index >= 15 is 0 Å². The highest BCUT2D eigenvalue weighted by molar-refractivity contribution is 7.13. The summed E-state index contributed by atoms with van der Waals surface area (Å²) in [6.07, 6.45) is 7.84. The van der Waals surface area contributed by atoms with Gasteiger partial charge in [-0.15, -0.1) is 11.3 Å². The first kappa shape index (κ1) is 24.7. The number of aryl methyl sites for hydroxylation is 1. The van der Waals surface area contributed by atoms with Gasteiger partial charge in [0.1, 0.15) is 5.71 Å². The van der Waals surface area contributed by atoms with Crippen LogP contribution in [0.25, 0.3) is 32.6 Å². The Morgan fingerprint density at radius 1 is 1.03 bits per heavy atom. The van der Waals surface area contributed by atoms with Crippen LogP contribution in [0.2, 0.25) is 0 Å². The summed E-state index contributed by atoms with van der Waals surface area (Å²) >= 11 is 1.76. The molecule has 1 saturated heterocycles. The summed E-state index contributed by atoms with van der Waals surface area (Å²) in [7, 11) is 0. The fraction of sp³-hybridized carbons (Fsp3) is 0.281. The van der Waals surface area contributed by atoms with Gasteiger partial charge in [0.25, 0.3) is 0 Å². The zero-order valence-electron chi connectivity index (χ0n) is 22.1. The van der Waals surface area contributed by atoms with Crippen LogP contribution in [-0.4, -0.2) is 45.2 Å². The van der Waals surface area contributed by atoms with Gasteiger partial charge in [-0.3, -0.25) is 14.9 Å². The molecule has 1 aliphatic heterocycles. The van der Waals surface area contributed by atoms with Gasteiger partial charge in [0.2, 0.25) is 0 Å². The van der Waals surface area contributed by atoms with E-state index in [-0.39, 0.29) is 0 Å². The average Bonchev–Trinajstić information content (AvgIpc) is 3.63. The molecule has 5 aromatic rings. The number of fused-ring (bicyclic) bond motifs is 1. The summed E-state index contributed by atoms with van der Waals surface area (Å²) in [5.41, 5.74) is 9.49. The molecule has 0 amide bonds. The Labute approximate surface area is 228 Å². The third kappa shape index (κ3) is 5.06. The molecule has 192 valence electrons. The number of nitrogens with one attached hydrogen (secondary N) is 1. The Bertz CT molecular complexity index is 1580. The largest absolute Gasteiger partial charge is 0.353 e. The summed E-state index contributed by atoms with van der Waals surface area (Å²) < 4.78 is 0. The number of thiophene rings is 1. The van der Waals surface area contributed by atoms with Crippen LogP contribution in [0, 0.1) is 6.92 Å². The van der Waals surface area contributed by atoms with Crippen molar-refractivity contribution < 1.29 is 0 Å². The molecule has 0 bridgehead atoms. The third-order valence-electron chi connectivity index (χ3n) is 7.29. The lowest BCUT2D eigenvalue weighted by Gasteiger charge is -2.26. The van der Waals surface area contributed by atoms with Crippen LogP contribution in [0.5, 0.6) is 0 Å². The van der Waals surface area contributed by atoms with Gasteiger partial charge in [0, 0.05) is 52.4 Å². The number of aliphatic imine (C=N–C) groups is 1. The van der Waals surface area contributed by atoms with Gasteiger partial charge in [-0.05, 0) is 86.6 Å². The van der Waals surface area contributed by atoms with Crippen LogP contribution >= 0.6 is 11.3 Å². The second-order valence-corrected chi connectivity index (χ2v) is 11.0. The molecule has 4 aromatic heterocycles. The van der Waals surface area contributed by atoms with Crippen molar-refractivity contribution in [1.82, 2.24) is 19.9 Å². The number of piperidine rings is 1. The van der Waals surface area contributed by atoms with Gasteiger partial charge < -0.3 is 4.98 Å². The zero-order chi connectivity index (χ0) is 25.9. The molecule has 0 radical (unpaired) electrons. The molecule has 0 unspecified atom stereocenters. The SMILES string of the molecule is CCN=C(c1cc2c(-c3cccs3)cccc2[nH]1)c1nc(-c2cncc(CN3CCCCC3)c2)ccc1C. The first-order valence-electron chi connectivity index (χ1n) is 13.5. The number of H-pyrrole nitrogens is 1. The number of nitrogens with zero attached hydrogens (tertiary/aromatic N) is 4. The molecule has 1 N–H and O–H groups in total. The van der Waals surface area contributed by atoms with Crippen molar-refractivity contribution in [3.63, 3.8) is 0 Å². The molecule has 6 rings (SSSR count). The molecule has 0 saturated carbocycles. The van der Waals surface area contributed by atoms with Crippen molar-refractivity contribution in [2.24, 2.45) is 4.99 Å². The number of likely N-dealkylation sites (tertiary alicyclic amines) is 1. The van der Waals surface area contributed by atoms with E-state index in [0.29, 0.717) is 6.54 Å². The fourth-order valence-electron chi connectivity index (χ4n) is 5.39. The smallest absolute Gasteiger partial charge is 0.107 e. The van der Waals surface area contributed by atoms with Crippen LogP contribution in [0.1, 0.15) is 48.7 Å². The molecule has 5 heterocycles. The molecule has 0 atom stereocenters. The zero-order valence-corrected chi connectivity index (χ0v) is 22.9. The number of rotatable bonds is 7. The lowest BCUT2D eigenvalue weighted by atomic mass is 10.0. The van der Waals surface area contributed by atoms with Crippen LogP contribution in [0.3, 0.4) is 0 Å². The number of benzene rings is 1. The number of aromatic amines is 1.